The molecule has 0 atom stereocenters. The van der Waals surface area contributed by atoms with E-state index in [1.807, 2.05) is 19.1 Å². The molecule has 0 fully saturated rings. The number of rotatable bonds is 6. The minimum atomic E-state index is -0.325. The summed E-state index contributed by atoms with van der Waals surface area (Å²) in [7, 11) is 0. The van der Waals surface area contributed by atoms with E-state index in [2.05, 4.69) is 26.6 Å². The van der Waals surface area contributed by atoms with Crippen molar-refractivity contribution in [3.63, 3.8) is 0 Å². The van der Waals surface area contributed by atoms with Gasteiger partial charge >= 0.3 is 0 Å². The topological polar surface area (TPSA) is 63.5 Å². The summed E-state index contributed by atoms with van der Waals surface area (Å²) in [5.74, 6) is 0.937. The zero-order chi connectivity index (χ0) is 16.7. The summed E-state index contributed by atoms with van der Waals surface area (Å²) in [6.07, 6.45) is 2.44. The molecule has 0 bridgehead atoms. The van der Waals surface area contributed by atoms with Crippen LogP contribution in [0.5, 0.6) is 5.75 Å². The number of carbonyl (C=O) groups is 1. The van der Waals surface area contributed by atoms with Gasteiger partial charge in [-0.25, -0.2) is 0 Å². The third kappa shape index (κ3) is 5.37. The van der Waals surface area contributed by atoms with Crippen molar-refractivity contribution in [2.45, 2.75) is 19.9 Å². The van der Waals surface area contributed by atoms with Crippen molar-refractivity contribution in [2.24, 2.45) is 0 Å². The number of ether oxygens (including phenoxy) is 1. The summed E-state index contributed by atoms with van der Waals surface area (Å²) in [4.78, 5) is 12.4. The first-order valence-corrected chi connectivity index (χ1v) is 8.34. The monoisotopic (exact) mass is 396 g/mol. The van der Waals surface area contributed by atoms with Gasteiger partial charge in [-0.05, 0) is 49.0 Å². The second-order valence-corrected chi connectivity index (χ2v) is 6.03. The Kier molecular flexibility index (Phi) is 6.61. The Morgan fingerprint density at radius 1 is 1.39 bits per heavy atom. The fourth-order valence-electron chi connectivity index (χ4n) is 1.81. The number of hydrogen-bond acceptors (Lipinski definition) is 4. The van der Waals surface area contributed by atoms with Crippen molar-refractivity contribution in [3.05, 3.63) is 52.4 Å². The fraction of sp³-hybridized carbons (Fsp3) is 0.250. The maximum absolute atomic E-state index is 12.4. The van der Waals surface area contributed by atoms with Gasteiger partial charge in [-0.2, -0.15) is 0 Å². The van der Waals surface area contributed by atoms with Crippen LogP contribution in [0.1, 0.15) is 29.5 Å². The van der Waals surface area contributed by atoms with Gasteiger partial charge in [0.25, 0.3) is 5.91 Å². The minimum absolute atomic E-state index is 0.229. The van der Waals surface area contributed by atoms with Crippen molar-refractivity contribution >= 4 is 39.2 Å². The molecule has 0 aliphatic rings. The first-order valence-electron chi connectivity index (χ1n) is 7.14. The van der Waals surface area contributed by atoms with Crippen molar-refractivity contribution < 1.29 is 13.9 Å². The summed E-state index contributed by atoms with van der Waals surface area (Å²) in [5, 5.41) is 5.79. The Morgan fingerprint density at radius 3 is 2.91 bits per heavy atom. The van der Waals surface area contributed by atoms with Gasteiger partial charge in [-0.15, -0.1) is 0 Å². The summed E-state index contributed by atoms with van der Waals surface area (Å²) in [5.41, 5.74) is 0.426. The Bertz CT molecular complexity index is 674. The SMILES string of the molecule is CCCOc1ccc(Br)cc1C(=O)NC(=S)NCc1ccco1. The first-order chi connectivity index (χ1) is 11.1. The van der Waals surface area contributed by atoms with E-state index in [1.54, 1.807) is 24.5 Å². The van der Waals surface area contributed by atoms with E-state index in [-0.39, 0.29) is 11.0 Å². The van der Waals surface area contributed by atoms with Crippen LogP contribution in [0.25, 0.3) is 0 Å². The molecule has 0 aliphatic heterocycles. The predicted octanol–water partition coefficient (Wildman–Crippen LogP) is 3.64. The van der Waals surface area contributed by atoms with Gasteiger partial charge in [-0.3, -0.25) is 10.1 Å². The lowest BCUT2D eigenvalue weighted by Gasteiger charge is -2.13. The molecule has 1 heterocycles. The molecular weight excluding hydrogens is 380 g/mol. The molecule has 1 amide bonds. The zero-order valence-corrected chi connectivity index (χ0v) is 15.0. The largest absolute Gasteiger partial charge is 0.493 e. The van der Waals surface area contributed by atoms with E-state index < -0.39 is 0 Å². The normalized spacial score (nSPS) is 10.2. The minimum Gasteiger partial charge on any atom is -0.493 e. The molecule has 2 aromatic rings. The van der Waals surface area contributed by atoms with Crippen LogP contribution in [0, 0.1) is 0 Å². The van der Waals surface area contributed by atoms with Gasteiger partial charge in [0.15, 0.2) is 5.11 Å². The lowest BCUT2D eigenvalue weighted by atomic mass is 10.2. The van der Waals surface area contributed by atoms with Crippen molar-refractivity contribution in [2.75, 3.05) is 6.61 Å². The third-order valence-electron chi connectivity index (χ3n) is 2.88. The van der Waals surface area contributed by atoms with Gasteiger partial charge in [0.1, 0.15) is 11.5 Å². The molecule has 2 N–H and O–H groups in total. The Morgan fingerprint density at radius 2 is 2.22 bits per heavy atom. The van der Waals surface area contributed by atoms with Gasteiger partial charge in [-0.1, -0.05) is 22.9 Å². The van der Waals surface area contributed by atoms with Crippen LogP contribution in [-0.4, -0.2) is 17.6 Å². The lowest BCUT2D eigenvalue weighted by molar-refractivity contribution is 0.0972. The number of furan rings is 1. The van der Waals surface area contributed by atoms with Crippen LogP contribution < -0.4 is 15.4 Å². The molecule has 1 aromatic heterocycles. The molecule has 0 saturated heterocycles. The molecule has 0 saturated carbocycles. The van der Waals surface area contributed by atoms with Crippen LogP contribution in [0.4, 0.5) is 0 Å². The van der Waals surface area contributed by atoms with Crippen LogP contribution in [-0.2, 0) is 6.54 Å². The van der Waals surface area contributed by atoms with E-state index in [0.717, 1.165) is 16.7 Å². The Hall–Kier alpha value is -1.86. The zero-order valence-electron chi connectivity index (χ0n) is 12.6. The van der Waals surface area contributed by atoms with Crippen molar-refractivity contribution in [1.29, 1.82) is 0 Å². The molecule has 23 heavy (non-hydrogen) atoms. The first kappa shape index (κ1) is 17.5. The fourth-order valence-corrected chi connectivity index (χ4v) is 2.34. The standard InChI is InChI=1S/C16H17BrN2O3S/c1-2-7-22-14-6-5-11(17)9-13(14)15(20)19-16(23)18-10-12-4-3-8-21-12/h3-6,8-9H,2,7,10H2,1H3,(H2,18,19,20,23). The highest BCUT2D eigenvalue weighted by Gasteiger charge is 2.14. The quantitative estimate of drug-likeness (QED) is 0.729. The molecule has 2 rings (SSSR count). The number of halogens is 1. The molecule has 0 radical (unpaired) electrons. The third-order valence-corrected chi connectivity index (χ3v) is 3.62. The number of hydrogen-bond donors (Lipinski definition) is 2. The van der Waals surface area contributed by atoms with Crippen LogP contribution in [0.3, 0.4) is 0 Å². The molecule has 1 aromatic carbocycles. The van der Waals surface area contributed by atoms with Crippen LogP contribution >= 0.6 is 28.1 Å². The average molecular weight is 397 g/mol. The summed E-state index contributed by atoms with van der Waals surface area (Å²) in [6, 6.07) is 8.90. The van der Waals surface area contributed by atoms with E-state index >= 15 is 0 Å². The van der Waals surface area contributed by atoms with Gasteiger partial charge < -0.3 is 14.5 Å². The number of benzene rings is 1. The molecular formula is C16H17BrN2O3S. The van der Waals surface area contributed by atoms with Crippen LogP contribution in [0.2, 0.25) is 0 Å². The highest BCUT2D eigenvalue weighted by molar-refractivity contribution is 9.10. The second-order valence-electron chi connectivity index (χ2n) is 4.71. The highest BCUT2D eigenvalue weighted by atomic mass is 79.9. The Balaban J connectivity index is 1.98. The van der Waals surface area contributed by atoms with Crippen LogP contribution in [0.15, 0.2) is 45.5 Å². The number of amides is 1. The molecule has 0 unspecified atom stereocenters. The maximum Gasteiger partial charge on any atom is 0.261 e. The van der Waals surface area contributed by atoms with E-state index in [1.165, 1.54) is 0 Å². The Labute approximate surface area is 148 Å². The van der Waals surface area contributed by atoms with E-state index in [4.69, 9.17) is 21.4 Å². The predicted molar refractivity (Wildman–Crippen MR) is 95.5 cm³/mol. The molecule has 7 heteroatoms. The van der Waals surface area contributed by atoms with Crippen molar-refractivity contribution in [3.8, 4) is 5.75 Å². The van der Waals surface area contributed by atoms with Gasteiger partial charge in [0.2, 0.25) is 0 Å². The van der Waals surface area contributed by atoms with Gasteiger partial charge in [0, 0.05) is 4.47 Å². The van der Waals surface area contributed by atoms with Crippen molar-refractivity contribution in [1.82, 2.24) is 10.6 Å². The lowest BCUT2D eigenvalue weighted by Crippen LogP contribution is -2.39. The summed E-state index contributed by atoms with van der Waals surface area (Å²) < 4.78 is 11.6. The average Bonchev–Trinajstić information content (AvgIpc) is 3.05. The summed E-state index contributed by atoms with van der Waals surface area (Å²) >= 11 is 8.49. The molecule has 5 nitrogen and oxygen atoms in total. The van der Waals surface area contributed by atoms with E-state index in [0.29, 0.717) is 24.5 Å². The van der Waals surface area contributed by atoms with Gasteiger partial charge in [0.05, 0.1) is 25.0 Å². The molecule has 0 spiro atoms. The smallest absolute Gasteiger partial charge is 0.261 e. The maximum atomic E-state index is 12.4. The summed E-state index contributed by atoms with van der Waals surface area (Å²) in [6.45, 7) is 2.96. The molecule has 0 aliphatic carbocycles. The highest BCUT2D eigenvalue weighted by Crippen LogP contribution is 2.23. The number of nitrogens with one attached hydrogen (secondary N) is 2. The second kappa shape index (κ2) is 8.69. The number of carbonyl (C=O) groups excluding carboxylic acids is 1. The molecule has 122 valence electrons. The van der Waals surface area contributed by atoms with E-state index in [9.17, 15) is 4.79 Å². The number of thiocarbonyl (C=S) groups is 1.